The van der Waals surface area contributed by atoms with Crippen LogP contribution in [0.1, 0.15) is 87.0 Å². The monoisotopic (exact) mass is 1020 g/mol. The molecule has 6 aromatic rings. The van der Waals surface area contributed by atoms with E-state index in [0.717, 1.165) is 60.3 Å². The average molecular weight is 1020 g/mol. The van der Waals surface area contributed by atoms with Gasteiger partial charge in [-0.15, -0.1) is 10.2 Å². The largest absolute Gasteiger partial charge is 0.478 e. The topological polar surface area (TPSA) is 244 Å². The van der Waals surface area contributed by atoms with Crippen molar-refractivity contribution in [1.29, 1.82) is 0 Å². The molecule has 73 heavy (non-hydrogen) atoms. The number of carbonyl (C=O) groups is 2. The van der Waals surface area contributed by atoms with Crippen LogP contribution in [0.5, 0.6) is 5.88 Å². The number of benzene rings is 3. The van der Waals surface area contributed by atoms with E-state index in [4.69, 9.17) is 23.9 Å². The van der Waals surface area contributed by atoms with Crippen LogP contribution in [0.3, 0.4) is 0 Å². The summed E-state index contributed by atoms with van der Waals surface area (Å²) in [5.41, 5.74) is 4.49. The Kier molecular flexibility index (Phi) is 22.5. The van der Waals surface area contributed by atoms with E-state index < -0.39 is 10.1 Å². The third-order valence-corrected chi connectivity index (χ3v) is 12.5. The third-order valence-electron chi connectivity index (χ3n) is 11.5. The summed E-state index contributed by atoms with van der Waals surface area (Å²) in [7, 11) is -4.38. The molecule has 0 aliphatic carbocycles. The first-order valence-electron chi connectivity index (χ1n) is 24.7. The first-order chi connectivity index (χ1) is 35.5. The number of aryl methyl sites for hydroxylation is 1. The number of pyridine rings is 2. The van der Waals surface area contributed by atoms with Crippen molar-refractivity contribution in [2.45, 2.75) is 88.6 Å². The Morgan fingerprint density at radius 3 is 2.08 bits per heavy atom. The van der Waals surface area contributed by atoms with Crippen molar-refractivity contribution in [3.8, 4) is 28.3 Å². The van der Waals surface area contributed by atoms with Crippen LogP contribution < -0.4 is 15.4 Å². The smallest absolute Gasteiger partial charge is 0.294 e. The van der Waals surface area contributed by atoms with Gasteiger partial charge in [0.05, 0.1) is 55.7 Å². The van der Waals surface area contributed by atoms with Crippen LogP contribution in [-0.2, 0) is 47.6 Å². The summed E-state index contributed by atoms with van der Waals surface area (Å²) in [6.07, 6.45) is 7.27. The Morgan fingerprint density at radius 2 is 1.38 bits per heavy atom. The molecule has 19 nitrogen and oxygen atoms in total. The Labute approximate surface area is 427 Å². The summed E-state index contributed by atoms with van der Waals surface area (Å²) in [4.78, 5) is 33.7. The molecule has 0 radical (unpaired) electrons. The highest BCUT2D eigenvalue weighted by atomic mass is 32.2. The number of tetrazole rings is 1. The number of hydrogen-bond donors (Lipinski definition) is 3. The lowest BCUT2D eigenvalue weighted by atomic mass is 9.86. The van der Waals surface area contributed by atoms with Gasteiger partial charge in [-0.05, 0) is 96.3 Å². The summed E-state index contributed by atoms with van der Waals surface area (Å²) in [6.45, 7) is 9.02. The van der Waals surface area contributed by atoms with Crippen LogP contribution in [0.15, 0.2) is 131 Å². The molecule has 2 amide bonds. The zero-order valence-electron chi connectivity index (χ0n) is 41.6. The van der Waals surface area contributed by atoms with E-state index in [1.165, 1.54) is 30.5 Å². The molecule has 3 aromatic heterocycles. The van der Waals surface area contributed by atoms with Gasteiger partial charge in [-0.3, -0.25) is 14.1 Å². The molecule has 3 N–H and O–H groups in total. The van der Waals surface area contributed by atoms with Gasteiger partial charge in [0.25, 0.3) is 16.0 Å². The van der Waals surface area contributed by atoms with Gasteiger partial charge < -0.3 is 29.6 Å². The minimum Gasteiger partial charge on any atom is -0.478 e. The van der Waals surface area contributed by atoms with Crippen molar-refractivity contribution in [3.05, 3.63) is 132 Å². The van der Waals surface area contributed by atoms with Crippen LogP contribution in [0.4, 0.5) is 5.82 Å². The number of ether oxygens (including phenoxy) is 4. The number of carbonyl (C=O) groups excluding carboxylic acids is 2. The van der Waals surface area contributed by atoms with Crippen molar-refractivity contribution in [2.24, 2.45) is 10.2 Å². The Hall–Kier alpha value is -6.84. The van der Waals surface area contributed by atoms with Gasteiger partial charge in [0.1, 0.15) is 0 Å². The second kappa shape index (κ2) is 29.6. The number of nitrogens with zero attached hydrogens (tertiary/aromatic N) is 8. The molecule has 0 unspecified atom stereocenters. The Bertz CT molecular complexity index is 2690. The highest BCUT2D eigenvalue weighted by Crippen LogP contribution is 2.30. The minimum atomic E-state index is -4.38. The number of hydrogen-bond acceptors (Lipinski definition) is 15. The molecular formula is C53H66N10O9S. The molecule has 20 heteroatoms. The molecule has 388 valence electrons. The third kappa shape index (κ3) is 19.3. The number of amides is 2. The molecule has 0 atom stereocenters. The minimum absolute atomic E-state index is 0.0101. The second-order valence-electron chi connectivity index (χ2n) is 17.7. The number of nitrogens with one attached hydrogen (secondary N) is 2. The lowest BCUT2D eigenvalue weighted by molar-refractivity contribution is -0.121. The number of aromatic nitrogens is 6. The first kappa shape index (κ1) is 55.5. The van der Waals surface area contributed by atoms with Crippen molar-refractivity contribution < 1.29 is 41.5 Å². The Balaban J connectivity index is 0.731. The molecule has 0 aliphatic heterocycles. The van der Waals surface area contributed by atoms with E-state index in [9.17, 15) is 22.6 Å². The van der Waals surface area contributed by atoms with Crippen LogP contribution in [-0.4, -0.2) is 114 Å². The average Bonchev–Trinajstić information content (AvgIpc) is 3.89. The molecule has 6 rings (SSSR count). The fourth-order valence-corrected chi connectivity index (χ4v) is 8.35. The van der Waals surface area contributed by atoms with Crippen molar-refractivity contribution in [3.63, 3.8) is 0 Å². The fourth-order valence-electron chi connectivity index (χ4n) is 7.64. The lowest BCUT2D eigenvalue weighted by Crippen LogP contribution is -2.25. The van der Waals surface area contributed by atoms with E-state index >= 15 is 0 Å². The Morgan fingerprint density at radius 1 is 0.712 bits per heavy atom. The predicted octanol–water partition coefficient (Wildman–Crippen LogP) is 8.40. The molecule has 3 heterocycles. The zero-order valence-corrected chi connectivity index (χ0v) is 42.4. The second-order valence-corrected chi connectivity index (χ2v) is 19.1. The molecule has 0 saturated heterocycles. The van der Waals surface area contributed by atoms with Crippen LogP contribution in [0.2, 0.25) is 0 Å². The SMILES string of the molecule is CC(C)(CCCCOc1cc(-c2ccccc2)cc(-c2ccccc2)n1)c1nnnn1CCCCC(=O)NCCCOCCOCCOCCCNC(=O)c1ccc(N=NCc2ccccc2S(=O)(=O)O)nc1. The molecular weight excluding hydrogens is 953 g/mol. The maximum absolute atomic E-state index is 12.5. The van der Waals surface area contributed by atoms with E-state index in [1.54, 1.807) is 12.1 Å². The van der Waals surface area contributed by atoms with Crippen molar-refractivity contribution >= 4 is 27.8 Å². The van der Waals surface area contributed by atoms with E-state index in [2.05, 4.69) is 85.6 Å². The maximum Gasteiger partial charge on any atom is 0.294 e. The van der Waals surface area contributed by atoms with Gasteiger partial charge in [0, 0.05) is 62.5 Å². The summed E-state index contributed by atoms with van der Waals surface area (Å²) >= 11 is 0. The quantitative estimate of drug-likeness (QED) is 0.0199. The summed E-state index contributed by atoms with van der Waals surface area (Å²) in [5, 5.41) is 26.3. The summed E-state index contributed by atoms with van der Waals surface area (Å²) < 4.78 is 57.3. The van der Waals surface area contributed by atoms with E-state index in [-0.39, 0.29) is 34.5 Å². The molecule has 0 aliphatic rings. The van der Waals surface area contributed by atoms with Gasteiger partial charge in [0.2, 0.25) is 11.8 Å². The molecule has 0 spiro atoms. The maximum atomic E-state index is 12.5. The summed E-state index contributed by atoms with van der Waals surface area (Å²) in [5.74, 6) is 1.40. The van der Waals surface area contributed by atoms with Gasteiger partial charge >= 0.3 is 0 Å². The fraction of sp³-hybridized carbons (Fsp3) is 0.415. The summed E-state index contributed by atoms with van der Waals surface area (Å²) in [6, 6.07) is 33.5. The normalized spacial score (nSPS) is 11.8. The molecule has 0 bridgehead atoms. The predicted molar refractivity (Wildman–Crippen MR) is 275 cm³/mol. The van der Waals surface area contributed by atoms with Crippen molar-refractivity contribution in [2.75, 3.05) is 59.3 Å². The van der Waals surface area contributed by atoms with Gasteiger partial charge in [0.15, 0.2) is 11.6 Å². The van der Waals surface area contributed by atoms with Crippen LogP contribution in [0, 0.1) is 0 Å². The highest BCUT2D eigenvalue weighted by Gasteiger charge is 2.27. The van der Waals surface area contributed by atoms with E-state index in [0.29, 0.717) is 102 Å². The first-order valence-corrected chi connectivity index (χ1v) is 26.1. The number of rotatable bonds is 33. The van der Waals surface area contributed by atoms with Gasteiger partial charge in [-0.25, -0.2) is 14.6 Å². The van der Waals surface area contributed by atoms with Crippen LogP contribution in [0.25, 0.3) is 22.4 Å². The number of unbranched alkanes of at least 4 members (excludes halogenated alkanes) is 2. The standard InChI is InChI=1S/C53H66N10O9S/c1-53(2,26-12-14-32-72-50-38-45(41-17-5-3-6-18-41)37-46(58-50)42-19-7-4-8-20-42)52-60-61-62-63(52)29-13-11-23-49(64)54-27-15-30-69-33-35-71-36-34-70-31-16-28-55-51(65)44-24-25-48(56-39-44)59-57-40-43-21-9-10-22-47(43)73(66,67)68/h3-10,17-22,24-25,37-39H,11-16,23,26-36,40H2,1-2H3,(H,54,64)(H,55,65)(H,66,67,68). The van der Waals surface area contributed by atoms with Crippen LogP contribution >= 0.6 is 0 Å². The van der Waals surface area contributed by atoms with E-state index in [1.807, 2.05) is 47.1 Å². The van der Waals surface area contributed by atoms with Crippen molar-refractivity contribution in [1.82, 2.24) is 40.8 Å². The highest BCUT2D eigenvalue weighted by molar-refractivity contribution is 7.85. The lowest BCUT2D eigenvalue weighted by Gasteiger charge is -2.23. The van der Waals surface area contributed by atoms with Gasteiger partial charge in [-0.2, -0.15) is 13.5 Å². The van der Waals surface area contributed by atoms with Gasteiger partial charge in [-0.1, -0.05) is 92.7 Å². The molecule has 0 saturated carbocycles. The number of azo groups is 1. The zero-order chi connectivity index (χ0) is 51.6. The molecule has 0 fully saturated rings. The molecule has 3 aromatic carbocycles.